The fourth-order valence-electron chi connectivity index (χ4n) is 3.64. The first-order chi connectivity index (χ1) is 8.86. The Balaban J connectivity index is 1.63. The summed E-state index contributed by atoms with van der Waals surface area (Å²) in [6.45, 7) is 2.81. The van der Waals surface area contributed by atoms with Gasteiger partial charge < -0.3 is 15.0 Å². The summed E-state index contributed by atoms with van der Waals surface area (Å²) in [6.07, 6.45) is 7.80. The maximum Gasteiger partial charge on any atom is 0.252 e. The zero-order valence-corrected chi connectivity index (χ0v) is 11.1. The van der Waals surface area contributed by atoms with E-state index in [9.17, 15) is 4.79 Å². The molecule has 3 aliphatic heterocycles. The third-order valence-corrected chi connectivity index (χ3v) is 4.60. The number of carbonyl (C=O) groups is 1. The van der Waals surface area contributed by atoms with Gasteiger partial charge in [-0.25, -0.2) is 0 Å². The highest BCUT2D eigenvalue weighted by Gasteiger charge is 2.38. The highest BCUT2D eigenvalue weighted by atomic mass is 16.5. The molecule has 0 aliphatic carbocycles. The first kappa shape index (κ1) is 12.4. The molecular weight excluding hydrogens is 228 g/mol. The van der Waals surface area contributed by atoms with Gasteiger partial charge in [0.15, 0.2) is 0 Å². The second-order valence-electron chi connectivity index (χ2n) is 5.80. The number of hydrogen-bond donors (Lipinski definition) is 1. The van der Waals surface area contributed by atoms with Gasteiger partial charge in [0.25, 0.3) is 5.91 Å². The molecule has 4 nitrogen and oxygen atoms in total. The van der Waals surface area contributed by atoms with E-state index in [4.69, 9.17) is 4.74 Å². The van der Waals surface area contributed by atoms with Crippen molar-refractivity contribution in [1.82, 2.24) is 10.2 Å². The molecule has 3 rings (SSSR count). The van der Waals surface area contributed by atoms with Crippen LogP contribution in [0.3, 0.4) is 0 Å². The summed E-state index contributed by atoms with van der Waals surface area (Å²) in [5.74, 6) is 0.255. The number of carbonyl (C=O) groups excluding carboxylic acids is 1. The topological polar surface area (TPSA) is 41.6 Å². The van der Waals surface area contributed by atoms with Crippen LogP contribution in [-0.2, 0) is 9.53 Å². The molecule has 0 spiro atoms. The highest BCUT2D eigenvalue weighted by molar-refractivity contribution is 5.81. The van der Waals surface area contributed by atoms with Crippen molar-refractivity contribution < 1.29 is 9.53 Å². The zero-order valence-electron chi connectivity index (χ0n) is 11.1. The second-order valence-corrected chi connectivity index (χ2v) is 5.80. The third-order valence-electron chi connectivity index (χ3n) is 4.60. The molecule has 3 fully saturated rings. The molecule has 3 unspecified atom stereocenters. The molecule has 3 aliphatic rings. The Kier molecular flexibility index (Phi) is 3.85. The van der Waals surface area contributed by atoms with Gasteiger partial charge in [-0.05, 0) is 51.5 Å². The number of amides is 1. The van der Waals surface area contributed by atoms with E-state index < -0.39 is 0 Å². The molecular formula is C14H24N2O2. The first-order valence-electron chi connectivity index (χ1n) is 7.52. The maximum atomic E-state index is 12.5. The van der Waals surface area contributed by atoms with Crippen molar-refractivity contribution in [3.05, 3.63) is 0 Å². The van der Waals surface area contributed by atoms with Gasteiger partial charge in [-0.15, -0.1) is 0 Å². The van der Waals surface area contributed by atoms with Gasteiger partial charge in [-0.1, -0.05) is 0 Å². The van der Waals surface area contributed by atoms with Crippen LogP contribution in [0.25, 0.3) is 0 Å². The van der Waals surface area contributed by atoms with Crippen molar-refractivity contribution >= 4 is 5.91 Å². The zero-order chi connectivity index (χ0) is 12.4. The lowest BCUT2D eigenvalue weighted by atomic mass is 10.0. The fourth-order valence-corrected chi connectivity index (χ4v) is 3.64. The average Bonchev–Trinajstić information content (AvgIpc) is 3.09. The molecule has 3 atom stereocenters. The van der Waals surface area contributed by atoms with Crippen LogP contribution < -0.4 is 5.32 Å². The van der Waals surface area contributed by atoms with E-state index >= 15 is 0 Å². The van der Waals surface area contributed by atoms with Crippen LogP contribution in [0.5, 0.6) is 0 Å². The largest absolute Gasteiger partial charge is 0.368 e. The van der Waals surface area contributed by atoms with Crippen molar-refractivity contribution in [2.24, 2.45) is 0 Å². The summed E-state index contributed by atoms with van der Waals surface area (Å²) < 4.78 is 5.65. The van der Waals surface area contributed by atoms with Crippen LogP contribution in [0.15, 0.2) is 0 Å². The van der Waals surface area contributed by atoms with E-state index in [0.717, 1.165) is 51.8 Å². The second kappa shape index (κ2) is 5.57. The fraction of sp³-hybridized carbons (Fsp3) is 0.929. The molecule has 0 aromatic rings. The normalized spacial score (nSPS) is 37.1. The lowest BCUT2D eigenvalue weighted by Crippen LogP contribution is -2.50. The smallest absolute Gasteiger partial charge is 0.252 e. The van der Waals surface area contributed by atoms with Gasteiger partial charge in [-0.2, -0.15) is 0 Å². The minimum atomic E-state index is -0.152. The number of hydrogen-bond acceptors (Lipinski definition) is 3. The molecule has 18 heavy (non-hydrogen) atoms. The predicted octanol–water partition coefficient (Wildman–Crippen LogP) is 1.30. The summed E-state index contributed by atoms with van der Waals surface area (Å²) in [5.41, 5.74) is 0. The van der Waals surface area contributed by atoms with E-state index in [1.807, 2.05) is 0 Å². The van der Waals surface area contributed by atoms with Crippen LogP contribution in [0.2, 0.25) is 0 Å². The number of nitrogens with one attached hydrogen (secondary N) is 1. The molecule has 3 saturated heterocycles. The van der Waals surface area contributed by atoms with Gasteiger partial charge in [0.2, 0.25) is 0 Å². The Morgan fingerprint density at radius 3 is 2.78 bits per heavy atom. The number of ether oxygens (including phenoxy) is 1. The van der Waals surface area contributed by atoms with Crippen molar-refractivity contribution in [2.45, 2.75) is 63.1 Å². The highest BCUT2D eigenvalue weighted by Crippen LogP contribution is 2.27. The summed E-state index contributed by atoms with van der Waals surface area (Å²) in [6, 6.07) is 0.950. The van der Waals surface area contributed by atoms with Gasteiger partial charge >= 0.3 is 0 Å². The predicted molar refractivity (Wildman–Crippen MR) is 69.4 cm³/mol. The van der Waals surface area contributed by atoms with Gasteiger partial charge in [0.05, 0.1) is 0 Å². The summed E-state index contributed by atoms with van der Waals surface area (Å²) in [7, 11) is 0. The van der Waals surface area contributed by atoms with Crippen LogP contribution in [0.4, 0.5) is 0 Å². The number of nitrogens with zero attached hydrogens (tertiary/aromatic N) is 1. The van der Waals surface area contributed by atoms with Gasteiger partial charge in [0, 0.05) is 25.2 Å². The van der Waals surface area contributed by atoms with Crippen LogP contribution in [0, 0.1) is 0 Å². The molecule has 0 bridgehead atoms. The molecule has 0 saturated carbocycles. The van der Waals surface area contributed by atoms with E-state index in [1.54, 1.807) is 0 Å². The summed E-state index contributed by atoms with van der Waals surface area (Å²) >= 11 is 0. The summed E-state index contributed by atoms with van der Waals surface area (Å²) in [5, 5.41) is 3.55. The lowest BCUT2D eigenvalue weighted by molar-refractivity contribution is -0.147. The standard InChI is InChI=1S/C14H24N2O2/c17-14(13-7-1-2-10-18-13)16-9-4-6-12(16)11-5-3-8-15-11/h11-13,15H,1-10H2. The maximum absolute atomic E-state index is 12.5. The Bertz CT molecular complexity index is 296. The molecule has 4 heteroatoms. The quantitative estimate of drug-likeness (QED) is 0.805. The van der Waals surface area contributed by atoms with Crippen LogP contribution >= 0.6 is 0 Å². The van der Waals surface area contributed by atoms with E-state index in [1.165, 1.54) is 12.8 Å². The molecule has 102 valence electrons. The molecule has 0 aromatic carbocycles. The van der Waals surface area contributed by atoms with E-state index in [0.29, 0.717) is 12.1 Å². The van der Waals surface area contributed by atoms with Gasteiger partial charge in [0.1, 0.15) is 6.10 Å². The van der Waals surface area contributed by atoms with E-state index in [2.05, 4.69) is 10.2 Å². The minimum Gasteiger partial charge on any atom is -0.368 e. The Hall–Kier alpha value is -0.610. The average molecular weight is 252 g/mol. The molecule has 0 aromatic heterocycles. The third kappa shape index (κ3) is 2.41. The Morgan fingerprint density at radius 2 is 2.06 bits per heavy atom. The monoisotopic (exact) mass is 252 g/mol. The molecule has 1 amide bonds. The Morgan fingerprint density at radius 1 is 1.11 bits per heavy atom. The van der Waals surface area contributed by atoms with Crippen LogP contribution in [-0.4, -0.2) is 48.7 Å². The molecule has 0 radical (unpaired) electrons. The lowest BCUT2D eigenvalue weighted by Gasteiger charge is -2.33. The number of rotatable bonds is 2. The van der Waals surface area contributed by atoms with E-state index in [-0.39, 0.29) is 12.0 Å². The van der Waals surface area contributed by atoms with Crippen molar-refractivity contribution in [3.63, 3.8) is 0 Å². The van der Waals surface area contributed by atoms with Crippen LogP contribution in [0.1, 0.15) is 44.9 Å². The molecule has 1 N–H and O–H groups in total. The minimum absolute atomic E-state index is 0.152. The first-order valence-corrected chi connectivity index (χ1v) is 7.52. The van der Waals surface area contributed by atoms with Gasteiger partial charge in [-0.3, -0.25) is 4.79 Å². The Labute approximate surface area is 109 Å². The number of likely N-dealkylation sites (tertiary alicyclic amines) is 1. The van der Waals surface area contributed by atoms with Crippen molar-refractivity contribution in [3.8, 4) is 0 Å². The summed E-state index contributed by atoms with van der Waals surface area (Å²) in [4.78, 5) is 14.7. The molecule has 3 heterocycles. The van der Waals surface area contributed by atoms with Crippen molar-refractivity contribution in [1.29, 1.82) is 0 Å². The SMILES string of the molecule is O=C(C1CCCCO1)N1CCCC1C1CCCN1. The van der Waals surface area contributed by atoms with Crippen molar-refractivity contribution in [2.75, 3.05) is 19.7 Å².